The summed E-state index contributed by atoms with van der Waals surface area (Å²) >= 11 is 0. The van der Waals surface area contributed by atoms with Crippen LogP contribution in [0.15, 0.2) is 12.7 Å². The highest BCUT2D eigenvalue weighted by Crippen LogP contribution is 1.88. The fourth-order valence-electron chi connectivity index (χ4n) is 0.440. The molecule has 0 aromatic rings. The zero-order valence-corrected chi connectivity index (χ0v) is 6.09. The van der Waals surface area contributed by atoms with Gasteiger partial charge in [-0.2, -0.15) is 0 Å². The minimum absolute atomic E-state index is 0.549. The summed E-state index contributed by atoms with van der Waals surface area (Å²) in [5.74, 6) is 0.569. The number of hydrogen-bond donors (Lipinski definition) is 2. The van der Waals surface area contributed by atoms with Crippen LogP contribution in [0.3, 0.4) is 0 Å². The minimum atomic E-state index is -0.549. The maximum absolute atomic E-state index is 8.88. The molecule has 0 fully saturated rings. The van der Waals surface area contributed by atoms with Gasteiger partial charge in [-0.3, -0.25) is 5.32 Å². The van der Waals surface area contributed by atoms with E-state index in [0.29, 0.717) is 5.92 Å². The van der Waals surface area contributed by atoms with Crippen molar-refractivity contribution < 1.29 is 5.11 Å². The normalized spacial score (nSPS) is 13.8. The van der Waals surface area contributed by atoms with Crippen LogP contribution in [0.2, 0.25) is 0 Å². The second-order valence-electron chi connectivity index (χ2n) is 2.48. The predicted molar refractivity (Wildman–Crippen MR) is 39.0 cm³/mol. The van der Waals surface area contributed by atoms with E-state index in [9.17, 15) is 0 Å². The maximum atomic E-state index is 8.88. The molecule has 0 amide bonds. The quantitative estimate of drug-likeness (QED) is 0.433. The van der Waals surface area contributed by atoms with E-state index < -0.39 is 6.23 Å². The van der Waals surface area contributed by atoms with Gasteiger partial charge in [0, 0.05) is 6.54 Å². The van der Waals surface area contributed by atoms with Gasteiger partial charge in [0.05, 0.1) is 0 Å². The standard InChI is InChI=1S/C7H15NO/c1-4-7(9)8-5-6(2)3/h4,6-9H,1,5H2,2-3H3. The molecule has 0 rings (SSSR count). The van der Waals surface area contributed by atoms with Crippen molar-refractivity contribution in [2.75, 3.05) is 6.54 Å². The van der Waals surface area contributed by atoms with E-state index in [1.54, 1.807) is 0 Å². The first-order valence-electron chi connectivity index (χ1n) is 3.20. The van der Waals surface area contributed by atoms with Crippen LogP contribution in [-0.4, -0.2) is 17.9 Å². The number of rotatable bonds is 4. The molecule has 0 aliphatic carbocycles. The van der Waals surface area contributed by atoms with Gasteiger partial charge in [0.2, 0.25) is 0 Å². The zero-order valence-electron chi connectivity index (χ0n) is 6.09. The van der Waals surface area contributed by atoms with Crippen LogP contribution in [0.4, 0.5) is 0 Å². The Labute approximate surface area is 56.6 Å². The maximum Gasteiger partial charge on any atom is 0.123 e. The van der Waals surface area contributed by atoms with Gasteiger partial charge in [0.1, 0.15) is 6.23 Å². The first-order valence-corrected chi connectivity index (χ1v) is 3.20. The van der Waals surface area contributed by atoms with E-state index in [0.717, 1.165) is 6.54 Å². The van der Waals surface area contributed by atoms with Gasteiger partial charge in [0.15, 0.2) is 0 Å². The minimum Gasteiger partial charge on any atom is -0.375 e. The van der Waals surface area contributed by atoms with Gasteiger partial charge < -0.3 is 5.11 Å². The average molecular weight is 129 g/mol. The molecule has 2 N–H and O–H groups in total. The van der Waals surface area contributed by atoms with Gasteiger partial charge in [-0.15, -0.1) is 0 Å². The topological polar surface area (TPSA) is 32.3 Å². The van der Waals surface area contributed by atoms with E-state index in [-0.39, 0.29) is 0 Å². The number of aliphatic hydroxyl groups excluding tert-OH is 1. The molecule has 0 aliphatic rings. The fourth-order valence-corrected chi connectivity index (χ4v) is 0.440. The Morgan fingerprint density at radius 2 is 2.22 bits per heavy atom. The van der Waals surface area contributed by atoms with Gasteiger partial charge >= 0.3 is 0 Å². The third kappa shape index (κ3) is 5.53. The molecule has 2 heteroatoms. The zero-order chi connectivity index (χ0) is 7.28. The van der Waals surface area contributed by atoms with Crippen molar-refractivity contribution in [3.05, 3.63) is 12.7 Å². The van der Waals surface area contributed by atoms with Crippen LogP contribution < -0.4 is 5.32 Å². The Bertz CT molecular complexity index is 81.0. The third-order valence-corrected chi connectivity index (χ3v) is 0.958. The van der Waals surface area contributed by atoms with Crippen molar-refractivity contribution in [3.63, 3.8) is 0 Å². The Balaban J connectivity index is 3.16. The number of hydrogen-bond acceptors (Lipinski definition) is 2. The van der Waals surface area contributed by atoms with Gasteiger partial charge in [-0.1, -0.05) is 20.4 Å². The lowest BCUT2D eigenvalue weighted by Gasteiger charge is -2.09. The highest BCUT2D eigenvalue weighted by molar-refractivity contribution is 4.75. The summed E-state index contributed by atoms with van der Waals surface area (Å²) < 4.78 is 0. The van der Waals surface area contributed by atoms with Crippen molar-refractivity contribution in [3.8, 4) is 0 Å². The average Bonchev–Trinajstić information content (AvgIpc) is 1.83. The third-order valence-electron chi connectivity index (χ3n) is 0.958. The molecule has 9 heavy (non-hydrogen) atoms. The SMILES string of the molecule is C=CC(O)NCC(C)C. The molecule has 1 atom stereocenters. The predicted octanol–water partition coefficient (Wildman–Crippen LogP) is 0.736. The molecule has 0 aromatic heterocycles. The van der Waals surface area contributed by atoms with Gasteiger partial charge in [-0.25, -0.2) is 0 Å². The molecule has 0 aromatic carbocycles. The lowest BCUT2D eigenvalue weighted by Crippen LogP contribution is -2.29. The molecule has 0 spiro atoms. The van der Waals surface area contributed by atoms with Gasteiger partial charge in [-0.05, 0) is 12.0 Å². The summed E-state index contributed by atoms with van der Waals surface area (Å²) in [6, 6.07) is 0. The van der Waals surface area contributed by atoms with Crippen molar-refractivity contribution >= 4 is 0 Å². The first kappa shape index (κ1) is 8.66. The van der Waals surface area contributed by atoms with Crippen LogP contribution >= 0.6 is 0 Å². The van der Waals surface area contributed by atoms with Gasteiger partial charge in [0.25, 0.3) is 0 Å². The molecule has 0 aliphatic heterocycles. The van der Waals surface area contributed by atoms with Crippen molar-refractivity contribution in [2.24, 2.45) is 5.92 Å². The summed E-state index contributed by atoms with van der Waals surface area (Å²) in [7, 11) is 0. The molecule has 0 radical (unpaired) electrons. The Hall–Kier alpha value is -0.340. The lowest BCUT2D eigenvalue weighted by molar-refractivity contribution is 0.180. The Kier molecular flexibility index (Phi) is 4.36. The lowest BCUT2D eigenvalue weighted by atomic mass is 10.2. The number of nitrogens with one attached hydrogen (secondary N) is 1. The fraction of sp³-hybridized carbons (Fsp3) is 0.714. The van der Waals surface area contributed by atoms with Crippen LogP contribution in [0.5, 0.6) is 0 Å². The largest absolute Gasteiger partial charge is 0.375 e. The first-order chi connectivity index (χ1) is 4.16. The van der Waals surface area contributed by atoms with Crippen LogP contribution in [0.25, 0.3) is 0 Å². The summed E-state index contributed by atoms with van der Waals surface area (Å²) in [6.07, 6.45) is 0.926. The van der Waals surface area contributed by atoms with E-state index in [4.69, 9.17) is 5.11 Å². The summed E-state index contributed by atoms with van der Waals surface area (Å²) in [4.78, 5) is 0. The molecule has 2 nitrogen and oxygen atoms in total. The molecule has 1 unspecified atom stereocenters. The number of aliphatic hydroxyl groups is 1. The summed E-state index contributed by atoms with van der Waals surface area (Å²) in [6.45, 7) is 8.42. The molecule has 54 valence electrons. The summed E-state index contributed by atoms with van der Waals surface area (Å²) in [5, 5.41) is 11.7. The highest BCUT2D eigenvalue weighted by Gasteiger charge is 1.96. The van der Waals surface area contributed by atoms with E-state index in [1.165, 1.54) is 6.08 Å². The van der Waals surface area contributed by atoms with E-state index in [1.807, 2.05) is 0 Å². The summed E-state index contributed by atoms with van der Waals surface area (Å²) in [5.41, 5.74) is 0. The van der Waals surface area contributed by atoms with E-state index in [2.05, 4.69) is 25.7 Å². The molecule has 0 saturated heterocycles. The Morgan fingerprint density at radius 1 is 1.67 bits per heavy atom. The van der Waals surface area contributed by atoms with Crippen LogP contribution in [0, 0.1) is 5.92 Å². The molecular formula is C7H15NO. The highest BCUT2D eigenvalue weighted by atomic mass is 16.3. The molecule has 0 bridgehead atoms. The second kappa shape index (κ2) is 4.53. The smallest absolute Gasteiger partial charge is 0.123 e. The monoisotopic (exact) mass is 129 g/mol. The van der Waals surface area contributed by atoms with Crippen LogP contribution in [-0.2, 0) is 0 Å². The molecule has 0 heterocycles. The van der Waals surface area contributed by atoms with Crippen molar-refractivity contribution in [2.45, 2.75) is 20.1 Å². The van der Waals surface area contributed by atoms with Crippen LogP contribution in [0.1, 0.15) is 13.8 Å². The van der Waals surface area contributed by atoms with Crippen molar-refractivity contribution in [1.82, 2.24) is 5.32 Å². The second-order valence-corrected chi connectivity index (χ2v) is 2.48. The van der Waals surface area contributed by atoms with E-state index >= 15 is 0 Å². The molecule has 0 saturated carbocycles. The molecular weight excluding hydrogens is 114 g/mol. The van der Waals surface area contributed by atoms with Crippen molar-refractivity contribution in [1.29, 1.82) is 0 Å². The Morgan fingerprint density at radius 3 is 2.56 bits per heavy atom.